The number of hydrogen-bond acceptors (Lipinski definition) is 6. The Labute approximate surface area is 209 Å². The Hall–Kier alpha value is -4.40. The zero-order valence-corrected chi connectivity index (χ0v) is 20.2. The highest BCUT2D eigenvalue weighted by atomic mass is 16.4. The number of aryl methyl sites for hydroxylation is 3. The second-order valence-corrected chi connectivity index (χ2v) is 8.94. The first kappa shape index (κ1) is 23.3. The number of oxime groups is 1. The molecule has 36 heavy (non-hydrogen) atoms. The van der Waals surface area contributed by atoms with E-state index in [1.165, 1.54) is 0 Å². The maximum absolute atomic E-state index is 13.2. The topological polar surface area (TPSA) is 113 Å². The number of amidine groups is 1. The summed E-state index contributed by atoms with van der Waals surface area (Å²) in [6.45, 7) is 2.85. The minimum absolute atomic E-state index is 0.0376. The van der Waals surface area contributed by atoms with E-state index in [1.54, 1.807) is 6.20 Å². The van der Waals surface area contributed by atoms with E-state index in [-0.39, 0.29) is 11.7 Å². The van der Waals surface area contributed by atoms with E-state index in [1.807, 2.05) is 72.6 Å². The molecule has 0 unspecified atom stereocenters. The molecule has 3 heterocycles. The van der Waals surface area contributed by atoms with Crippen molar-refractivity contribution in [2.75, 3.05) is 31.1 Å². The average Bonchev–Trinajstić information content (AvgIpc) is 3.26. The average molecular weight is 484 g/mol. The van der Waals surface area contributed by atoms with Crippen molar-refractivity contribution in [3.8, 4) is 0 Å². The Kier molecular flexibility index (Phi) is 6.53. The number of rotatable bonds is 6. The summed E-state index contributed by atoms with van der Waals surface area (Å²) in [5.41, 5.74) is 9.95. The summed E-state index contributed by atoms with van der Waals surface area (Å²) in [7, 11) is 2.00. The van der Waals surface area contributed by atoms with Crippen LogP contribution in [0.15, 0.2) is 72.0 Å². The number of fused-ring (bicyclic) bond motifs is 1. The van der Waals surface area contributed by atoms with Crippen LogP contribution in [0.1, 0.15) is 27.3 Å². The normalized spacial score (nSPS) is 14.4. The van der Waals surface area contributed by atoms with Crippen LogP contribution < -0.4 is 10.6 Å². The number of benzene rings is 2. The number of imidazole rings is 1. The maximum Gasteiger partial charge on any atom is 0.254 e. The summed E-state index contributed by atoms with van der Waals surface area (Å²) in [5.74, 6) is 2.04. The van der Waals surface area contributed by atoms with Gasteiger partial charge in [0.1, 0.15) is 11.6 Å². The first-order valence-corrected chi connectivity index (χ1v) is 12.0. The van der Waals surface area contributed by atoms with Gasteiger partial charge in [-0.15, -0.1) is 0 Å². The summed E-state index contributed by atoms with van der Waals surface area (Å²) >= 11 is 0. The fraction of sp³-hybridized carbons (Fsp3) is 0.259. The molecule has 0 aliphatic carbocycles. The van der Waals surface area contributed by atoms with Crippen molar-refractivity contribution in [1.82, 2.24) is 19.4 Å². The Balaban J connectivity index is 1.25. The molecule has 1 aliphatic rings. The Bertz CT molecular complexity index is 1390. The highest BCUT2D eigenvalue weighted by molar-refractivity contribution is 5.98. The van der Waals surface area contributed by atoms with Crippen molar-refractivity contribution < 1.29 is 10.0 Å². The molecule has 0 saturated carbocycles. The quantitative estimate of drug-likeness (QED) is 0.189. The zero-order chi connectivity index (χ0) is 25.1. The van der Waals surface area contributed by atoms with E-state index < -0.39 is 0 Å². The van der Waals surface area contributed by atoms with Gasteiger partial charge in [-0.1, -0.05) is 35.5 Å². The van der Waals surface area contributed by atoms with Gasteiger partial charge in [-0.25, -0.2) is 9.97 Å². The first-order valence-electron chi connectivity index (χ1n) is 12.0. The van der Waals surface area contributed by atoms with E-state index >= 15 is 0 Å². The third-order valence-corrected chi connectivity index (χ3v) is 6.76. The molecule has 9 nitrogen and oxygen atoms in total. The summed E-state index contributed by atoms with van der Waals surface area (Å²) < 4.78 is 2.08. The number of nitrogens with two attached hydrogens (primary N) is 1. The molecule has 4 aromatic rings. The van der Waals surface area contributed by atoms with Gasteiger partial charge in [0.25, 0.3) is 5.91 Å². The van der Waals surface area contributed by atoms with Crippen LogP contribution in [0.3, 0.4) is 0 Å². The second-order valence-electron chi connectivity index (χ2n) is 8.94. The third kappa shape index (κ3) is 4.72. The van der Waals surface area contributed by atoms with Gasteiger partial charge in [0.15, 0.2) is 5.84 Å². The smallest absolute Gasteiger partial charge is 0.254 e. The highest BCUT2D eigenvalue weighted by Gasteiger charge is 2.23. The highest BCUT2D eigenvalue weighted by Crippen LogP contribution is 2.21. The molecule has 1 aliphatic heterocycles. The lowest BCUT2D eigenvalue weighted by Gasteiger charge is -2.35. The Morgan fingerprint density at radius 2 is 1.75 bits per heavy atom. The predicted molar refractivity (Wildman–Crippen MR) is 139 cm³/mol. The van der Waals surface area contributed by atoms with E-state index in [2.05, 4.69) is 19.6 Å². The number of amides is 1. The fourth-order valence-corrected chi connectivity index (χ4v) is 4.62. The predicted octanol–water partition coefficient (Wildman–Crippen LogP) is 2.81. The summed E-state index contributed by atoms with van der Waals surface area (Å²) in [6.07, 6.45) is 3.36. The van der Waals surface area contributed by atoms with Crippen LogP contribution in [-0.2, 0) is 19.9 Å². The van der Waals surface area contributed by atoms with Gasteiger partial charge in [-0.05, 0) is 42.3 Å². The van der Waals surface area contributed by atoms with Gasteiger partial charge in [-0.3, -0.25) is 4.79 Å². The summed E-state index contributed by atoms with van der Waals surface area (Å²) in [4.78, 5) is 26.6. The molecule has 3 N–H and O–H groups in total. The second kappa shape index (κ2) is 10.1. The number of aromatic nitrogens is 3. The van der Waals surface area contributed by atoms with Crippen molar-refractivity contribution in [3.63, 3.8) is 0 Å². The molecule has 9 heteroatoms. The molecular formula is C27H29N7O2. The molecule has 0 radical (unpaired) electrons. The lowest BCUT2D eigenvalue weighted by Crippen LogP contribution is -2.49. The lowest BCUT2D eigenvalue weighted by molar-refractivity contribution is 0.0746. The van der Waals surface area contributed by atoms with E-state index in [4.69, 9.17) is 15.9 Å². The molecular weight excluding hydrogens is 454 g/mol. The van der Waals surface area contributed by atoms with Crippen LogP contribution in [0.5, 0.6) is 0 Å². The van der Waals surface area contributed by atoms with Crippen molar-refractivity contribution in [2.45, 2.75) is 12.8 Å². The fourth-order valence-electron chi connectivity index (χ4n) is 4.62. The van der Waals surface area contributed by atoms with Crippen molar-refractivity contribution in [1.29, 1.82) is 0 Å². The van der Waals surface area contributed by atoms with Crippen molar-refractivity contribution in [3.05, 3.63) is 89.4 Å². The minimum atomic E-state index is 0.0376. The Morgan fingerprint density at radius 1 is 1.00 bits per heavy atom. The molecule has 1 fully saturated rings. The van der Waals surface area contributed by atoms with Crippen molar-refractivity contribution >= 4 is 28.6 Å². The van der Waals surface area contributed by atoms with Gasteiger partial charge in [0.2, 0.25) is 0 Å². The maximum atomic E-state index is 13.2. The van der Waals surface area contributed by atoms with Gasteiger partial charge in [0, 0.05) is 57.0 Å². The van der Waals surface area contributed by atoms with E-state index in [0.717, 1.165) is 54.2 Å². The van der Waals surface area contributed by atoms with E-state index in [9.17, 15) is 4.79 Å². The van der Waals surface area contributed by atoms with Crippen LogP contribution in [-0.4, -0.2) is 62.6 Å². The van der Waals surface area contributed by atoms with Crippen LogP contribution in [0.25, 0.3) is 11.0 Å². The van der Waals surface area contributed by atoms with Crippen LogP contribution >= 0.6 is 0 Å². The molecule has 1 saturated heterocycles. The summed E-state index contributed by atoms with van der Waals surface area (Å²) in [6, 6.07) is 19.3. The third-order valence-electron chi connectivity index (χ3n) is 6.76. The number of pyridine rings is 1. The van der Waals surface area contributed by atoms with Crippen LogP contribution in [0.2, 0.25) is 0 Å². The molecule has 0 bridgehead atoms. The summed E-state index contributed by atoms with van der Waals surface area (Å²) in [5, 5.41) is 11.8. The monoisotopic (exact) mass is 483 g/mol. The van der Waals surface area contributed by atoms with Gasteiger partial charge in [0.05, 0.1) is 11.0 Å². The standard InChI is InChI=1S/C27H29N7O2/c1-32-23-11-10-21(27(35)34-16-14-33(15-17-34)24-4-2-3-13-29-24)18-22(23)30-25(32)12-7-19-5-8-20(9-6-19)26(28)31-36/h2-6,8-11,13,18,36H,7,12,14-17H2,1H3,(H2,28,31). The molecule has 1 amide bonds. The van der Waals surface area contributed by atoms with Crippen LogP contribution in [0.4, 0.5) is 5.82 Å². The lowest BCUT2D eigenvalue weighted by atomic mass is 10.1. The van der Waals surface area contributed by atoms with Gasteiger partial charge < -0.3 is 25.3 Å². The molecule has 5 rings (SSSR count). The number of piperazine rings is 1. The molecule has 0 atom stereocenters. The molecule has 184 valence electrons. The Morgan fingerprint density at radius 3 is 2.44 bits per heavy atom. The zero-order valence-electron chi connectivity index (χ0n) is 20.2. The molecule has 2 aromatic carbocycles. The van der Waals surface area contributed by atoms with Crippen molar-refractivity contribution in [2.24, 2.45) is 17.9 Å². The number of carbonyl (C=O) groups excluding carboxylic acids is 1. The SMILES string of the molecule is Cn1c(CCc2ccc(C(N)=NO)cc2)nc2cc(C(=O)N3CCN(c4ccccn4)CC3)ccc21. The molecule has 2 aromatic heterocycles. The minimum Gasteiger partial charge on any atom is -0.409 e. The number of anilines is 1. The van der Waals surface area contributed by atoms with Gasteiger partial charge in [-0.2, -0.15) is 0 Å². The van der Waals surface area contributed by atoms with Crippen LogP contribution in [0, 0.1) is 0 Å². The van der Waals surface area contributed by atoms with E-state index in [0.29, 0.717) is 24.2 Å². The molecule has 0 spiro atoms. The number of hydrogen-bond donors (Lipinski definition) is 2. The largest absolute Gasteiger partial charge is 0.409 e. The number of carbonyl (C=O) groups is 1. The number of nitrogens with zero attached hydrogens (tertiary/aromatic N) is 6. The first-order chi connectivity index (χ1) is 17.5. The van der Waals surface area contributed by atoms with Gasteiger partial charge >= 0.3 is 0 Å².